The summed E-state index contributed by atoms with van der Waals surface area (Å²) < 4.78 is 21.4. The van der Waals surface area contributed by atoms with Crippen molar-refractivity contribution in [2.45, 2.75) is 87.6 Å². The van der Waals surface area contributed by atoms with E-state index in [-0.39, 0.29) is 5.92 Å². The van der Waals surface area contributed by atoms with E-state index < -0.39 is 52.0 Å². The fourth-order valence-corrected chi connectivity index (χ4v) is 5.19. The van der Waals surface area contributed by atoms with Crippen molar-refractivity contribution < 1.29 is 24.6 Å². The van der Waals surface area contributed by atoms with Gasteiger partial charge in [0.25, 0.3) is 0 Å². The van der Waals surface area contributed by atoms with Crippen molar-refractivity contribution in [3.05, 3.63) is 12.2 Å². The van der Waals surface area contributed by atoms with Gasteiger partial charge in [0, 0.05) is 11.4 Å². The number of allylic oxidation sites excluding steroid dienone is 1. The number of thioether (sulfide) groups is 1. The largest absolute Gasteiger partial charge is 0.598 e. The molecule has 0 aromatic heterocycles. The van der Waals surface area contributed by atoms with Gasteiger partial charge in [-0.15, -0.1) is 16.5 Å². The quantitative estimate of drug-likeness (QED) is 0.404. The van der Waals surface area contributed by atoms with E-state index in [0.717, 1.165) is 25.0 Å². The molecule has 152 valence electrons. The minimum absolute atomic E-state index is 0.0616. The lowest BCUT2D eigenvalue weighted by atomic mass is 9.88. The van der Waals surface area contributed by atoms with Crippen LogP contribution in [0.25, 0.3) is 0 Å². The maximum Gasteiger partial charge on any atom is 0.136 e. The van der Waals surface area contributed by atoms with Gasteiger partial charge in [-0.3, -0.25) is 0 Å². The fourth-order valence-electron chi connectivity index (χ4n) is 3.08. The zero-order valence-corrected chi connectivity index (χ0v) is 17.6. The van der Waals surface area contributed by atoms with E-state index in [0.29, 0.717) is 0 Å². The molecule has 8 heteroatoms. The molecule has 2 aliphatic heterocycles. The molecule has 0 aromatic carbocycles. The highest BCUT2D eigenvalue weighted by Gasteiger charge is 2.49. The maximum atomic E-state index is 12.7. The molecule has 0 aliphatic carbocycles. The van der Waals surface area contributed by atoms with Gasteiger partial charge in [0.15, 0.2) is 0 Å². The van der Waals surface area contributed by atoms with Crippen molar-refractivity contribution in [1.82, 2.24) is 4.72 Å². The Kier molecular flexibility index (Phi) is 8.31. The molecule has 1 fully saturated rings. The van der Waals surface area contributed by atoms with E-state index in [1.807, 2.05) is 27.7 Å². The van der Waals surface area contributed by atoms with E-state index in [1.165, 1.54) is 11.8 Å². The number of hydrogen-bond acceptors (Lipinski definition) is 7. The molecule has 2 heterocycles. The van der Waals surface area contributed by atoms with Crippen LogP contribution in [0, 0.1) is 5.92 Å². The Labute approximate surface area is 164 Å². The summed E-state index contributed by atoms with van der Waals surface area (Å²) in [5.74, 6) is 0.751. The minimum Gasteiger partial charge on any atom is -0.598 e. The maximum absolute atomic E-state index is 12.7. The summed E-state index contributed by atoms with van der Waals surface area (Å²) in [6, 6.07) is -0.453. The summed E-state index contributed by atoms with van der Waals surface area (Å²) in [6.45, 7) is 7.61. The van der Waals surface area contributed by atoms with Crippen LogP contribution in [0.4, 0.5) is 0 Å². The van der Waals surface area contributed by atoms with Crippen LogP contribution in [-0.2, 0) is 16.1 Å². The van der Waals surface area contributed by atoms with Gasteiger partial charge in [-0.05, 0) is 51.7 Å². The molecular weight excluding hydrogens is 374 g/mol. The molecule has 1 saturated heterocycles. The molecule has 4 N–H and O–H groups in total. The summed E-state index contributed by atoms with van der Waals surface area (Å²) in [5.41, 5.74) is -0.610. The van der Waals surface area contributed by atoms with Crippen molar-refractivity contribution >= 4 is 23.1 Å². The first kappa shape index (κ1) is 22.5. The van der Waals surface area contributed by atoms with Crippen LogP contribution in [0.5, 0.6) is 0 Å². The van der Waals surface area contributed by atoms with Crippen LogP contribution < -0.4 is 4.72 Å². The standard InChI is InChI=1S/C18H33NO5S2/c1-11-9-7-5-6-8-10-25-17-15(22)13(20)14(21)16(24-17)12(11)19-26(23)18(2,3)4/h7,9,11-17,19-22H,5-6,8,10H2,1-4H3/b9-7-/t11-,12-,13?,14?,15?,16?,17?,26?/m1/s1. The average molecular weight is 408 g/mol. The third-order valence-electron chi connectivity index (χ3n) is 4.81. The van der Waals surface area contributed by atoms with Crippen LogP contribution in [0.3, 0.4) is 0 Å². The lowest BCUT2D eigenvalue weighted by Crippen LogP contribution is -2.64. The Bertz CT molecular complexity index is 473. The molecule has 0 spiro atoms. The smallest absolute Gasteiger partial charge is 0.136 e. The van der Waals surface area contributed by atoms with E-state index in [2.05, 4.69) is 16.9 Å². The van der Waals surface area contributed by atoms with Crippen molar-refractivity contribution in [3.63, 3.8) is 0 Å². The molecule has 2 bridgehead atoms. The van der Waals surface area contributed by atoms with Crippen LogP contribution in [0.15, 0.2) is 12.2 Å². The van der Waals surface area contributed by atoms with Gasteiger partial charge in [-0.1, -0.05) is 19.1 Å². The highest BCUT2D eigenvalue weighted by Crippen LogP contribution is 2.33. The molecule has 0 aromatic rings. The van der Waals surface area contributed by atoms with Gasteiger partial charge in [-0.25, -0.2) is 0 Å². The lowest BCUT2D eigenvalue weighted by Gasteiger charge is -2.45. The zero-order chi connectivity index (χ0) is 19.5. The third kappa shape index (κ3) is 5.61. The van der Waals surface area contributed by atoms with Crippen molar-refractivity contribution in [1.29, 1.82) is 0 Å². The predicted molar refractivity (Wildman–Crippen MR) is 106 cm³/mol. The van der Waals surface area contributed by atoms with Crippen molar-refractivity contribution in [2.75, 3.05) is 5.75 Å². The second-order valence-corrected chi connectivity index (χ2v) is 11.3. The van der Waals surface area contributed by atoms with Crippen molar-refractivity contribution in [2.24, 2.45) is 5.92 Å². The van der Waals surface area contributed by atoms with E-state index in [9.17, 15) is 19.9 Å². The highest BCUT2D eigenvalue weighted by atomic mass is 32.2. The van der Waals surface area contributed by atoms with Gasteiger partial charge in [0.2, 0.25) is 0 Å². The number of rotatable bonds is 2. The van der Waals surface area contributed by atoms with E-state index >= 15 is 0 Å². The first-order chi connectivity index (χ1) is 12.1. The number of fused-ring (bicyclic) bond motifs is 2. The molecule has 0 saturated carbocycles. The summed E-state index contributed by atoms with van der Waals surface area (Å²) >= 11 is 0.104. The Hall–Kier alpha value is 0.200. The lowest BCUT2D eigenvalue weighted by molar-refractivity contribution is -0.205. The Balaban J connectivity index is 2.30. The molecule has 8 atom stereocenters. The summed E-state index contributed by atoms with van der Waals surface area (Å²) in [7, 11) is 0. The molecular formula is C18H33NO5S2. The Morgan fingerprint density at radius 1 is 1.15 bits per heavy atom. The minimum atomic E-state index is -1.36. The van der Waals surface area contributed by atoms with Gasteiger partial charge in [0.1, 0.15) is 34.6 Å². The molecule has 6 unspecified atom stereocenters. The average Bonchev–Trinajstić information content (AvgIpc) is 2.56. The van der Waals surface area contributed by atoms with E-state index in [4.69, 9.17) is 4.74 Å². The fraction of sp³-hybridized carbons (Fsp3) is 0.889. The van der Waals surface area contributed by atoms with Gasteiger partial charge >= 0.3 is 0 Å². The van der Waals surface area contributed by atoms with E-state index in [1.54, 1.807) is 0 Å². The molecule has 26 heavy (non-hydrogen) atoms. The normalized spacial score (nSPS) is 42.4. The topological polar surface area (TPSA) is 105 Å². The molecule has 0 amide bonds. The van der Waals surface area contributed by atoms with Crippen LogP contribution in [0.1, 0.15) is 47.0 Å². The van der Waals surface area contributed by atoms with Gasteiger partial charge in [0.05, 0.1) is 6.04 Å². The predicted octanol–water partition coefficient (Wildman–Crippen LogP) is 1.32. The zero-order valence-electron chi connectivity index (χ0n) is 16.0. The first-order valence-electron chi connectivity index (χ1n) is 9.29. The molecule has 2 rings (SSSR count). The molecule has 0 radical (unpaired) electrons. The number of nitrogens with one attached hydrogen (secondary N) is 1. The van der Waals surface area contributed by atoms with Crippen molar-refractivity contribution in [3.8, 4) is 0 Å². The Morgan fingerprint density at radius 2 is 1.85 bits per heavy atom. The second-order valence-electron chi connectivity index (χ2n) is 8.12. The number of ether oxygens (including phenoxy) is 1. The van der Waals surface area contributed by atoms with Crippen LogP contribution >= 0.6 is 11.8 Å². The third-order valence-corrected chi connectivity index (χ3v) is 7.65. The molecule has 6 nitrogen and oxygen atoms in total. The van der Waals surface area contributed by atoms with Gasteiger partial charge < -0.3 is 24.6 Å². The SMILES string of the molecule is C[C@@H]1/C=C\CCCCSC2OC(C(O)C(O)C2O)[C@@H]1N[S+]([O-])C(C)(C)C. The second kappa shape index (κ2) is 9.60. The highest BCUT2D eigenvalue weighted by molar-refractivity contribution is 7.99. The summed E-state index contributed by atoms with van der Waals surface area (Å²) in [6.07, 6.45) is 2.70. The summed E-state index contributed by atoms with van der Waals surface area (Å²) in [5, 5.41) is 31.2. The number of hydrogen-bond donors (Lipinski definition) is 4. The van der Waals surface area contributed by atoms with Crippen LogP contribution in [-0.4, -0.2) is 66.3 Å². The number of aliphatic hydroxyl groups is 3. The summed E-state index contributed by atoms with van der Waals surface area (Å²) in [4.78, 5) is 0. The Morgan fingerprint density at radius 3 is 2.50 bits per heavy atom. The monoisotopic (exact) mass is 407 g/mol. The first-order valence-corrected chi connectivity index (χ1v) is 11.5. The number of aliphatic hydroxyl groups excluding tert-OH is 3. The van der Waals surface area contributed by atoms with Gasteiger partial charge in [-0.2, -0.15) is 0 Å². The van der Waals surface area contributed by atoms with Crippen LogP contribution in [0.2, 0.25) is 0 Å². The molecule has 2 aliphatic rings.